The highest BCUT2D eigenvalue weighted by atomic mass is 16.6. The second kappa shape index (κ2) is 37.8. The van der Waals surface area contributed by atoms with Gasteiger partial charge in [0.15, 0.2) is 0 Å². The van der Waals surface area contributed by atoms with Crippen LogP contribution in [0.2, 0.25) is 0 Å². The lowest BCUT2D eigenvalue weighted by atomic mass is 10.0. The molecule has 0 aliphatic carbocycles. The van der Waals surface area contributed by atoms with Crippen LogP contribution in [0.1, 0.15) is 122 Å². The van der Waals surface area contributed by atoms with Crippen molar-refractivity contribution in [1.29, 1.82) is 0 Å². The van der Waals surface area contributed by atoms with Crippen molar-refractivity contribution in [3.05, 3.63) is 0 Å². The third-order valence-electron chi connectivity index (χ3n) is 7.29. The average molecular weight is 663 g/mol. The lowest BCUT2D eigenvalue weighted by molar-refractivity contribution is -0.151. The van der Waals surface area contributed by atoms with Gasteiger partial charge < -0.3 is 38.3 Å². The number of hydrogen-bond acceptors (Lipinski definition) is 10. The first-order chi connectivity index (χ1) is 22.6. The molecule has 0 heterocycles. The van der Waals surface area contributed by atoms with E-state index in [-0.39, 0.29) is 26.1 Å². The number of unbranched alkanes of at least 4 members (excludes halogenated alkanes) is 15. The van der Waals surface area contributed by atoms with Crippen LogP contribution in [0.5, 0.6) is 0 Å². The first kappa shape index (κ1) is 44.4. The molecule has 0 rings (SSSR count). The zero-order valence-electron chi connectivity index (χ0n) is 29.0. The number of carbonyl (C=O) groups is 3. The molecule has 0 aromatic heterocycles. The fourth-order valence-corrected chi connectivity index (χ4v) is 4.56. The largest absolute Gasteiger partial charge is 0.476 e. The number of aliphatic carboxylic acids is 1. The third kappa shape index (κ3) is 36.8. The number of carboxylic acids is 1. The lowest BCUT2D eigenvalue weighted by Gasteiger charge is -2.08. The summed E-state index contributed by atoms with van der Waals surface area (Å²) >= 11 is 0. The number of rotatable bonds is 39. The zero-order chi connectivity index (χ0) is 33.6. The van der Waals surface area contributed by atoms with E-state index in [0.717, 1.165) is 13.0 Å². The molecule has 0 aliphatic heterocycles. The quantitative estimate of drug-likeness (QED) is 0.0450. The minimum atomic E-state index is -1.55. The van der Waals surface area contributed by atoms with Crippen molar-refractivity contribution in [3.8, 4) is 0 Å². The molecule has 0 radical (unpaired) electrons. The van der Waals surface area contributed by atoms with Crippen molar-refractivity contribution in [2.75, 3.05) is 85.9 Å². The van der Waals surface area contributed by atoms with E-state index in [1.165, 1.54) is 96.3 Å². The van der Waals surface area contributed by atoms with Crippen molar-refractivity contribution in [2.24, 2.45) is 0 Å². The highest BCUT2D eigenvalue weighted by Crippen LogP contribution is 2.13. The Hall–Kier alpha value is -1.63. The van der Waals surface area contributed by atoms with Gasteiger partial charge in [0.25, 0.3) is 0 Å². The van der Waals surface area contributed by atoms with Gasteiger partial charge in [0.1, 0.15) is 6.61 Å². The summed E-state index contributed by atoms with van der Waals surface area (Å²) in [6.45, 7) is 8.13. The molecule has 0 saturated heterocycles. The van der Waals surface area contributed by atoms with Gasteiger partial charge in [-0.2, -0.15) is 0 Å². The van der Waals surface area contributed by atoms with Gasteiger partial charge in [-0.1, -0.05) is 103 Å². The maximum absolute atomic E-state index is 11.4. The van der Waals surface area contributed by atoms with Crippen LogP contribution in [0.25, 0.3) is 0 Å². The van der Waals surface area contributed by atoms with Gasteiger partial charge in [-0.15, -0.1) is 0 Å². The van der Waals surface area contributed by atoms with E-state index < -0.39 is 17.7 Å². The molecule has 1 N–H and O–H groups in total. The van der Waals surface area contributed by atoms with Crippen LogP contribution < -0.4 is 0 Å². The predicted molar refractivity (Wildman–Crippen MR) is 177 cm³/mol. The molecular weight excluding hydrogens is 596 g/mol. The standard InChI is InChI=1S/C35H66O11/c1-2-3-4-5-6-7-8-9-10-11-12-13-14-15-16-17-20-40-21-22-41-23-24-42-25-26-43-27-28-44-29-30-45-31-32-46-34(37)19-18-33(36)35(38)39/h2-32H2,1H3,(H,38,39). The van der Waals surface area contributed by atoms with Crippen molar-refractivity contribution < 1.29 is 52.6 Å². The minimum Gasteiger partial charge on any atom is -0.476 e. The molecule has 0 bridgehead atoms. The Balaban J connectivity index is 3.11. The van der Waals surface area contributed by atoms with Crippen molar-refractivity contribution >= 4 is 17.7 Å². The molecule has 0 saturated carbocycles. The van der Waals surface area contributed by atoms with Gasteiger partial charge in [-0.05, 0) is 6.42 Å². The minimum absolute atomic E-state index is 0.0294. The summed E-state index contributed by atoms with van der Waals surface area (Å²) in [5.41, 5.74) is 0. The number of hydrogen-bond donors (Lipinski definition) is 1. The molecule has 0 aliphatic rings. The molecule has 11 nitrogen and oxygen atoms in total. The molecule has 11 heteroatoms. The van der Waals surface area contributed by atoms with Gasteiger partial charge in [-0.3, -0.25) is 9.59 Å². The number of esters is 1. The van der Waals surface area contributed by atoms with E-state index in [2.05, 4.69) is 6.92 Å². The van der Waals surface area contributed by atoms with Crippen LogP contribution >= 0.6 is 0 Å². The second-order valence-electron chi connectivity index (χ2n) is 11.4. The highest BCUT2D eigenvalue weighted by Gasteiger charge is 2.14. The van der Waals surface area contributed by atoms with E-state index in [9.17, 15) is 14.4 Å². The lowest BCUT2D eigenvalue weighted by Crippen LogP contribution is -2.17. The monoisotopic (exact) mass is 662 g/mol. The fraction of sp³-hybridized carbons (Fsp3) is 0.914. The van der Waals surface area contributed by atoms with Crippen LogP contribution in [0.15, 0.2) is 0 Å². The van der Waals surface area contributed by atoms with Crippen LogP contribution in [0, 0.1) is 0 Å². The number of Topliss-reactive ketones (excluding diaryl/α,β-unsaturated/α-hetero) is 1. The molecule has 0 aromatic carbocycles. The Morgan fingerprint density at radius 2 is 0.696 bits per heavy atom. The molecule has 0 atom stereocenters. The number of ether oxygens (including phenoxy) is 7. The normalized spacial score (nSPS) is 11.2. The third-order valence-corrected chi connectivity index (χ3v) is 7.29. The van der Waals surface area contributed by atoms with E-state index >= 15 is 0 Å². The smallest absolute Gasteiger partial charge is 0.372 e. The predicted octanol–water partition coefficient (Wildman–Crippen LogP) is 6.32. The molecule has 0 fully saturated rings. The Kier molecular flexibility index (Phi) is 36.5. The van der Waals surface area contributed by atoms with Crippen LogP contribution in [-0.2, 0) is 47.5 Å². The summed E-state index contributed by atoms with van der Waals surface area (Å²) in [4.78, 5) is 32.6. The second-order valence-corrected chi connectivity index (χ2v) is 11.4. The first-order valence-corrected chi connectivity index (χ1v) is 18.0. The van der Waals surface area contributed by atoms with E-state index in [0.29, 0.717) is 66.1 Å². The molecule has 0 unspecified atom stereocenters. The van der Waals surface area contributed by atoms with E-state index in [1.807, 2.05) is 0 Å². The molecular formula is C35H66O11. The van der Waals surface area contributed by atoms with Gasteiger partial charge in [-0.25, -0.2) is 4.79 Å². The van der Waals surface area contributed by atoms with E-state index in [1.54, 1.807) is 0 Å². The van der Waals surface area contributed by atoms with Gasteiger partial charge >= 0.3 is 11.9 Å². The fourth-order valence-electron chi connectivity index (χ4n) is 4.56. The van der Waals surface area contributed by atoms with Crippen molar-refractivity contribution in [3.63, 3.8) is 0 Å². The maximum atomic E-state index is 11.4. The summed E-state index contributed by atoms with van der Waals surface area (Å²) < 4.78 is 37.6. The molecule has 272 valence electrons. The van der Waals surface area contributed by atoms with Crippen LogP contribution in [0.3, 0.4) is 0 Å². The number of carboxylic acid groups (broad SMARTS) is 1. The summed E-state index contributed by atoms with van der Waals surface area (Å²) in [6, 6.07) is 0. The first-order valence-electron chi connectivity index (χ1n) is 18.0. The highest BCUT2D eigenvalue weighted by molar-refractivity contribution is 6.32. The average Bonchev–Trinajstić information content (AvgIpc) is 3.05. The topological polar surface area (TPSA) is 136 Å². The van der Waals surface area contributed by atoms with Gasteiger partial charge in [0.05, 0.1) is 79.1 Å². The SMILES string of the molecule is CCCCCCCCCCCCCCCCCCOCCOCCOCCOCCOCCOCCOC(=O)CCC(=O)C(=O)O. The Bertz CT molecular complexity index is 675. The molecule has 46 heavy (non-hydrogen) atoms. The summed E-state index contributed by atoms with van der Waals surface area (Å²) in [6.07, 6.45) is 21.4. The number of carbonyl (C=O) groups excluding carboxylic acids is 2. The van der Waals surface area contributed by atoms with Crippen LogP contribution in [0.4, 0.5) is 0 Å². The van der Waals surface area contributed by atoms with E-state index in [4.69, 9.17) is 38.3 Å². The van der Waals surface area contributed by atoms with Crippen LogP contribution in [-0.4, -0.2) is 109 Å². The molecule has 0 amide bonds. The Labute approximate surface area is 278 Å². The summed E-state index contributed by atoms with van der Waals surface area (Å²) in [5, 5.41) is 8.45. The summed E-state index contributed by atoms with van der Waals surface area (Å²) in [5.74, 6) is -3.20. The van der Waals surface area contributed by atoms with Gasteiger partial charge in [0, 0.05) is 13.0 Å². The van der Waals surface area contributed by atoms with Crippen molar-refractivity contribution in [2.45, 2.75) is 122 Å². The Morgan fingerprint density at radius 3 is 1.04 bits per heavy atom. The summed E-state index contributed by atoms with van der Waals surface area (Å²) in [7, 11) is 0. The zero-order valence-corrected chi connectivity index (χ0v) is 29.0. The maximum Gasteiger partial charge on any atom is 0.372 e. The Morgan fingerprint density at radius 1 is 0.391 bits per heavy atom. The molecule has 0 aromatic rings. The number of ketones is 1. The van der Waals surface area contributed by atoms with Gasteiger partial charge in [0.2, 0.25) is 5.78 Å². The molecule has 0 spiro atoms. The van der Waals surface area contributed by atoms with Crippen molar-refractivity contribution in [1.82, 2.24) is 0 Å².